The summed E-state index contributed by atoms with van der Waals surface area (Å²) < 4.78 is 38.2. The summed E-state index contributed by atoms with van der Waals surface area (Å²) in [5.41, 5.74) is -0.648. The fourth-order valence-electron chi connectivity index (χ4n) is 3.78. The molecule has 2 aliphatic rings. The van der Waals surface area contributed by atoms with Crippen LogP contribution in [0.3, 0.4) is 0 Å². The highest BCUT2D eigenvalue weighted by atomic mass is 19.4. The number of rotatable bonds is 3. The number of imide groups is 1. The summed E-state index contributed by atoms with van der Waals surface area (Å²) in [4.78, 5) is 34.7. The van der Waals surface area contributed by atoms with Crippen molar-refractivity contribution in [2.75, 3.05) is 36.0 Å². The van der Waals surface area contributed by atoms with Crippen LogP contribution in [0, 0.1) is 0 Å². The van der Waals surface area contributed by atoms with E-state index in [-0.39, 0.29) is 18.0 Å². The van der Waals surface area contributed by atoms with E-state index >= 15 is 0 Å². The molecule has 0 bridgehead atoms. The molecule has 1 aromatic heterocycles. The van der Waals surface area contributed by atoms with Gasteiger partial charge < -0.3 is 4.90 Å². The first-order chi connectivity index (χ1) is 13.8. The number of alkyl halides is 3. The second kappa shape index (κ2) is 7.47. The Hall–Kier alpha value is -2.94. The van der Waals surface area contributed by atoms with Crippen molar-refractivity contribution in [2.45, 2.75) is 18.6 Å². The summed E-state index contributed by atoms with van der Waals surface area (Å²) in [6, 6.07) is 9.19. The van der Waals surface area contributed by atoms with Crippen LogP contribution in [0.5, 0.6) is 0 Å². The number of hydrogen-bond donors (Lipinski definition) is 0. The van der Waals surface area contributed by atoms with E-state index in [1.54, 1.807) is 6.20 Å². The first-order valence-electron chi connectivity index (χ1n) is 9.29. The lowest BCUT2D eigenvalue weighted by atomic mass is 10.1. The molecular weight excluding hydrogens is 385 g/mol. The number of aromatic nitrogens is 1. The van der Waals surface area contributed by atoms with E-state index in [0.29, 0.717) is 26.2 Å². The van der Waals surface area contributed by atoms with E-state index in [4.69, 9.17) is 0 Å². The van der Waals surface area contributed by atoms with Gasteiger partial charge in [0.15, 0.2) is 0 Å². The number of carbonyl (C=O) groups excluding carboxylic acids is 2. The van der Waals surface area contributed by atoms with Crippen molar-refractivity contribution in [3.63, 3.8) is 0 Å². The summed E-state index contributed by atoms with van der Waals surface area (Å²) in [5, 5.41) is 0. The van der Waals surface area contributed by atoms with Crippen LogP contribution in [0.15, 0.2) is 48.7 Å². The van der Waals surface area contributed by atoms with Gasteiger partial charge in [-0.1, -0.05) is 6.07 Å². The normalized spacial score (nSPS) is 21.1. The van der Waals surface area contributed by atoms with E-state index in [0.717, 1.165) is 22.9 Å². The van der Waals surface area contributed by atoms with Gasteiger partial charge in [0.1, 0.15) is 5.82 Å². The van der Waals surface area contributed by atoms with Crippen molar-refractivity contribution < 1.29 is 22.8 Å². The topological polar surface area (TPSA) is 56.8 Å². The number of benzene rings is 1. The highest BCUT2D eigenvalue weighted by molar-refractivity contribution is 6.22. The number of hydrogen-bond acceptors (Lipinski definition) is 5. The Morgan fingerprint density at radius 2 is 1.62 bits per heavy atom. The summed E-state index contributed by atoms with van der Waals surface area (Å²) >= 11 is 0. The summed E-state index contributed by atoms with van der Waals surface area (Å²) in [5.74, 6) is 0.0836. The van der Waals surface area contributed by atoms with Crippen LogP contribution in [0.25, 0.3) is 0 Å². The fraction of sp³-hybridized carbons (Fsp3) is 0.350. The van der Waals surface area contributed by atoms with Crippen LogP contribution in [-0.4, -0.2) is 53.9 Å². The minimum Gasteiger partial charge on any atom is -0.354 e. The molecule has 1 atom stereocenters. The molecule has 1 aromatic carbocycles. The quantitative estimate of drug-likeness (QED) is 0.736. The molecule has 29 heavy (non-hydrogen) atoms. The van der Waals surface area contributed by atoms with Crippen molar-refractivity contribution in [1.29, 1.82) is 0 Å². The number of piperazine rings is 1. The molecule has 2 aromatic rings. The maximum Gasteiger partial charge on any atom is 0.416 e. The Balaban J connectivity index is 1.44. The number of pyridine rings is 1. The van der Waals surface area contributed by atoms with Crippen molar-refractivity contribution in [3.05, 3.63) is 54.2 Å². The van der Waals surface area contributed by atoms with Gasteiger partial charge in [0.05, 0.1) is 23.7 Å². The van der Waals surface area contributed by atoms with Gasteiger partial charge in [-0.2, -0.15) is 13.2 Å². The Morgan fingerprint density at radius 1 is 0.931 bits per heavy atom. The Bertz CT molecular complexity index is 894. The number of anilines is 2. The predicted molar refractivity (Wildman–Crippen MR) is 100 cm³/mol. The highest BCUT2D eigenvalue weighted by Gasteiger charge is 2.43. The van der Waals surface area contributed by atoms with Crippen LogP contribution in [0.1, 0.15) is 12.0 Å². The molecule has 3 heterocycles. The van der Waals surface area contributed by atoms with E-state index in [1.165, 1.54) is 12.1 Å². The third kappa shape index (κ3) is 3.82. The smallest absolute Gasteiger partial charge is 0.354 e. The van der Waals surface area contributed by atoms with Crippen LogP contribution in [-0.2, 0) is 15.8 Å². The second-order valence-electron chi connectivity index (χ2n) is 7.04. The summed E-state index contributed by atoms with van der Waals surface area (Å²) in [7, 11) is 0. The maximum absolute atomic E-state index is 12.9. The number of halogens is 3. The van der Waals surface area contributed by atoms with Crippen molar-refractivity contribution in [3.8, 4) is 0 Å². The maximum atomic E-state index is 12.9. The lowest BCUT2D eigenvalue weighted by Crippen LogP contribution is -2.52. The third-order valence-electron chi connectivity index (χ3n) is 5.30. The minimum absolute atomic E-state index is 0.0312. The first-order valence-corrected chi connectivity index (χ1v) is 9.29. The van der Waals surface area contributed by atoms with Gasteiger partial charge in [0.2, 0.25) is 5.91 Å². The molecule has 2 aliphatic heterocycles. The number of nitrogens with zero attached hydrogens (tertiary/aromatic N) is 4. The molecular formula is C20H19F3N4O2. The van der Waals surface area contributed by atoms with E-state index < -0.39 is 23.7 Å². The predicted octanol–water partition coefficient (Wildman–Crippen LogP) is 2.55. The van der Waals surface area contributed by atoms with Crippen LogP contribution < -0.4 is 9.80 Å². The molecule has 6 nitrogen and oxygen atoms in total. The van der Waals surface area contributed by atoms with Gasteiger partial charge in [-0.25, -0.2) is 9.88 Å². The molecule has 152 valence electrons. The standard InChI is InChI=1S/C20H19F3N4O2/c21-20(22,23)14-4-6-15(7-5-14)27-18(28)13-16(19(27)29)25-9-11-26(12-10-25)17-3-1-2-8-24-17/h1-8,16H,9-13H2. The average molecular weight is 404 g/mol. The first kappa shape index (κ1) is 19.4. The van der Waals surface area contributed by atoms with Crippen LogP contribution >= 0.6 is 0 Å². The lowest BCUT2D eigenvalue weighted by Gasteiger charge is -2.37. The molecule has 9 heteroatoms. The van der Waals surface area contributed by atoms with Gasteiger partial charge in [-0.05, 0) is 36.4 Å². The molecule has 0 spiro atoms. The molecule has 4 rings (SSSR count). The molecule has 2 amide bonds. The van der Waals surface area contributed by atoms with Gasteiger partial charge >= 0.3 is 6.18 Å². The Morgan fingerprint density at radius 3 is 2.21 bits per heavy atom. The monoisotopic (exact) mass is 404 g/mol. The van der Waals surface area contributed by atoms with Gasteiger partial charge in [-0.15, -0.1) is 0 Å². The minimum atomic E-state index is -4.46. The zero-order valence-electron chi connectivity index (χ0n) is 15.5. The van der Waals surface area contributed by atoms with Crippen molar-refractivity contribution in [2.24, 2.45) is 0 Å². The molecule has 2 saturated heterocycles. The molecule has 1 unspecified atom stereocenters. The summed E-state index contributed by atoms with van der Waals surface area (Å²) in [6.45, 7) is 2.55. The van der Waals surface area contributed by atoms with E-state index in [2.05, 4.69) is 9.88 Å². The van der Waals surface area contributed by atoms with Crippen molar-refractivity contribution >= 4 is 23.3 Å². The van der Waals surface area contributed by atoms with E-state index in [9.17, 15) is 22.8 Å². The summed E-state index contributed by atoms with van der Waals surface area (Å²) in [6.07, 6.45) is -2.71. The van der Waals surface area contributed by atoms with E-state index in [1.807, 2.05) is 23.1 Å². The molecule has 0 N–H and O–H groups in total. The van der Waals surface area contributed by atoms with Crippen molar-refractivity contribution in [1.82, 2.24) is 9.88 Å². The SMILES string of the molecule is O=C1CC(N2CCN(c3ccccn3)CC2)C(=O)N1c1ccc(C(F)(F)F)cc1. The highest BCUT2D eigenvalue weighted by Crippen LogP contribution is 2.32. The molecule has 0 aliphatic carbocycles. The molecule has 2 fully saturated rings. The number of amides is 2. The zero-order chi connectivity index (χ0) is 20.6. The number of carbonyl (C=O) groups is 2. The largest absolute Gasteiger partial charge is 0.416 e. The van der Waals surface area contributed by atoms with Crippen LogP contribution in [0.2, 0.25) is 0 Å². The van der Waals surface area contributed by atoms with Gasteiger partial charge in [-0.3, -0.25) is 14.5 Å². The Labute approximate surface area is 165 Å². The van der Waals surface area contributed by atoms with Gasteiger partial charge in [0, 0.05) is 32.4 Å². The lowest BCUT2D eigenvalue weighted by molar-refractivity contribution is -0.137. The Kier molecular flexibility index (Phi) is 4.99. The third-order valence-corrected chi connectivity index (χ3v) is 5.30. The average Bonchev–Trinajstić information content (AvgIpc) is 3.02. The molecule has 0 radical (unpaired) electrons. The van der Waals surface area contributed by atoms with Crippen LogP contribution in [0.4, 0.5) is 24.7 Å². The van der Waals surface area contributed by atoms with Gasteiger partial charge in [0.25, 0.3) is 5.91 Å². The second-order valence-corrected chi connectivity index (χ2v) is 7.04. The molecule has 0 saturated carbocycles. The fourth-order valence-corrected chi connectivity index (χ4v) is 3.78. The zero-order valence-corrected chi connectivity index (χ0v) is 15.5.